The van der Waals surface area contributed by atoms with Gasteiger partial charge in [-0.25, -0.2) is 9.97 Å². The molecule has 1 amide bonds. The average Bonchev–Trinajstić information content (AvgIpc) is 2.92. The van der Waals surface area contributed by atoms with Crippen LogP contribution in [0, 0.1) is 13.8 Å². The molecule has 0 aliphatic carbocycles. The van der Waals surface area contributed by atoms with Crippen LogP contribution in [0.25, 0.3) is 0 Å². The van der Waals surface area contributed by atoms with Gasteiger partial charge in [-0.05, 0) is 81.0 Å². The summed E-state index contributed by atoms with van der Waals surface area (Å²) in [4.78, 5) is 29.1. The number of carbonyl (C=O) groups excluding carboxylic acids is 1. The zero-order chi connectivity index (χ0) is 28.9. The number of hydrogen-bond donors (Lipinski definition) is 1. The van der Waals surface area contributed by atoms with Gasteiger partial charge in [0, 0.05) is 56.9 Å². The first-order valence-corrected chi connectivity index (χ1v) is 13.7. The molecule has 3 aromatic heterocycles. The predicted molar refractivity (Wildman–Crippen MR) is 149 cm³/mol. The maximum atomic E-state index is 13.1. The molecule has 11 heteroatoms. The molecular formula is C29H34ClF3N6O. The van der Waals surface area contributed by atoms with Crippen LogP contribution in [0.15, 0.2) is 49.1 Å². The molecule has 0 bridgehead atoms. The van der Waals surface area contributed by atoms with Crippen molar-refractivity contribution in [2.45, 2.75) is 64.8 Å². The Balaban J connectivity index is 1.37. The van der Waals surface area contributed by atoms with Crippen molar-refractivity contribution < 1.29 is 18.0 Å². The molecule has 1 aliphatic heterocycles. The highest BCUT2D eigenvalue weighted by atomic mass is 35.5. The largest absolute Gasteiger partial charge is 0.433 e. The van der Waals surface area contributed by atoms with Crippen molar-refractivity contribution in [1.82, 2.24) is 25.2 Å². The van der Waals surface area contributed by atoms with E-state index in [4.69, 9.17) is 11.6 Å². The summed E-state index contributed by atoms with van der Waals surface area (Å²) in [5.74, 6) is -0.229. The van der Waals surface area contributed by atoms with Crippen molar-refractivity contribution in [3.8, 4) is 0 Å². The second-order valence-corrected chi connectivity index (χ2v) is 10.6. The number of pyridine rings is 3. The molecule has 1 saturated heterocycles. The van der Waals surface area contributed by atoms with Crippen molar-refractivity contribution in [2.24, 2.45) is 0 Å². The number of carbonyl (C=O) groups is 1. The second kappa shape index (κ2) is 13.0. The third-order valence-electron chi connectivity index (χ3n) is 7.61. The summed E-state index contributed by atoms with van der Waals surface area (Å²) < 4.78 is 39.4. The van der Waals surface area contributed by atoms with Crippen molar-refractivity contribution in [2.75, 3.05) is 24.5 Å². The van der Waals surface area contributed by atoms with Crippen LogP contribution in [0.4, 0.5) is 18.9 Å². The topological polar surface area (TPSA) is 74.2 Å². The first-order chi connectivity index (χ1) is 19.0. The second-order valence-electron chi connectivity index (χ2n) is 10.3. The number of nitrogens with zero attached hydrogens (tertiary/aromatic N) is 5. The Bertz CT molecular complexity index is 1280. The van der Waals surface area contributed by atoms with E-state index < -0.39 is 11.9 Å². The quantitative estimate of drug-likeness (QED) is 0.324. The molecule has 1 unspecified atom stereocenters. The van der Waals surface area contributed by atoms with Crippen molar-refractivity contribution in [1.29, 1.82) is 0 Å². The predicted octanol–water partition coefficient (Wildman–Crippen LogP) is 5.84. The lowest BCUT2D eigenvalue weighted by Crippen LogP contribution is -2.48. The van der Waals surface area contributed by atoms with E-state index in [1.165, 1.54) is 12.3 Å². The number of nitrogens with one attached hydrogen (secondary N) is 1. The highest BCUT2D eigenvalue weighted by molar-refractivity contribution is 6.32. The van der Waals surface area contributed by atoms with E-state index in [0.717, 1.165) is 55.1 Å². The number of amides is 1. The summed E-state index contributed by atoms with van der Waals surface area (Å²) in [6.45, 7) is 8.70. The minimum Gasteiger partial charge on any atom is -0.363 e. The molecule has 0 spiro atoms. The van der Waals surface area contributed by atoms with Gasteiger partial charge in [0.05, 0.1) is 17.4 Å². The van der Waals surface area contributed by atoms with Crippen LogP contribution >= 0.6 is 11.6 Å². The fourth-order valence-corrected chi connectivity index (χ4v) is 5.39. The lowest BCUT2D eigenvalue weighted by molar-refractivity contribution is -0.141. The van der Waals surface area contributed by atoms with Crippen LogP contribution in [0.5, 0.6) is 0 Å². The number of rotatable bonds is 9. The van der Waals surface area contributed by atoms with Crippen LogP contribution in [-0.4, -0.2) is 57.5 Å². The van der Waals surface area contributed by atoms with Crippen LogP contribution in [0.3, 0.4) is 0 Å². The van der Waals surface area contributed by atoms with E-state index in [1.54, 1.807) is 18.5 Å². The van der Waals surface area contributed by atoms with Crippen LogP contribution in [0.1, 0.15) is 58.9 Å². The number of alkyl halides is 3. The number of anilines is 1. The van der Waals surface area contributed by atoms with Crippen LogP contribution in [-0.2, 0) is 12.7 Å². The summed E-state index contributed by atoms with van der Waals surface area (Å²) in [6, 6.07) is 6.63. The Labute approximate surface area is 237 Å². The molecule has 1 fully saturated rings. The number of piperidine rings is 1. The fourth-order valence-electron chi connectivity index (χ4n) is 5.10. The number of halogens is 4. The molecule has 1 atom stereocenters. The standard InChI is InChI=1S/C29H34ClF3N6O/c1-19-6-11-34-16-22(19)18-39(24-4-5-25(37-17-24)29(31,32)33)23-9-14-38(15-10-23)21(3)8-13-36-28(40)26-20(2)7-12-35-27(26)30/h4-7,11-12,16-17,21,23H,8-10,13-15,18H2,1-3H3,(H,36,40). The van der Waals surface area contributed by atoms with Crippen LogP contribution < -0.4 is 10.2 Å². The van der Waals surface area contributed by atoms with Gasteiger partial charge in [-0.1, -0.05) is 11.6 Å². The minimum absolute atomic E-state index is 0.136. The first kappa shape index (κ1) is 29.7. The Kier molecular flexibility index (Phi) is 9.63. The Morgan fingerprint density at radius 1 is 1.10 bits per heavy atom. The van der Waals surface area contributed by atoms with E-state index >= 15 is 0 Å². The highest BCUT2D eigenvalue weighted by Crippen LogP contribution is 2.31. The van der Waals surface area contributed by atoms with Crippen LogP contribution in [0.2, 0.25) is 5.15 Å². The van der Waals surface area contributed by atoms with E-state index in [1.807, 2.05) is 26.1 Å². The number of aryl methyl sites for hydroxylation is 2. The molecule has 3 aromatic rings. The van der Waals surface area contributed by atoms with Gasteiger partial charge in [0.25, 0.3) is 5.91 Å². The van der Waals surface area contributed by atoms with E-state index in [-0.39, 0.29) is 23.1 Å². The number of likely N-dealkylation sites (tertiary alicyclic amines) is 1. The molecule has 0 aromatic carbocycles. The van der Waals surface area contributed by atoms with Gasteiger partial charge in [-0.2, -0.15) is 13.2 Å². The maximum absolute atomic E-state index is 13.1. The van der Waals surface area contributed by atoms with Gasteiger partial charge in [0.1, 0.15) is 10.8 Å². The molecule has 4 heterocycles. The van der Waals surface area contributed by atoms with E-state index in [0.29, 0.717) is 24.3 Å². The van der Waals surface area contributed by atoms with E-state index in [9.17, 15) is 18.0 Å². The van der Waals surface area contributed by atoms with Crippen molar-refractivity contribution >= 4 is 23.2 Å². The molecule has 1 aliphatic rings. The Morgan fingerprint density at radius 3 is 2.45 bits per heavy atom. The monoisotopic (exact) mass is 574 g/mol. The lowest BCUT2D eigenvalue weighted by atomic mass is 9.99. The maximum Gasteiger partial charge on any atom is 0.433 e. The van der Waals surface area contributed by atoms with Gasteiger partial charge in [0.15, 0.2) is 0 Å². The molecule has 7 nitrogen and oxygen atoms in total. The Morgan fingerprint density at radius 2 is 1.82 bits per heavy atom. The van der Waals surface area contributed by atoms with Gasteiger partial charge in [0.2, 0.25) is 0 Å². The summed E-state index contributed by atoms with van der Waals surface area (Å²) in [5.41, 5.74) is 3.05. The van der Waals surface area contributed by atoms with Gasteiger partial charge in [-0.15, -0.1) is 0 Å². The molecule has 1 N–H and O–H groups in total. The van der Waals surface area contributed by atoms with Crippen molar-refractivity contribution in [3.63, 3.8) is 0 Å². The third-order valence-corrected chi connectivity index (χ3v) is 7.90. The average molecular weight is 575 g/mol. The smallest absolute Gasteiger partial charge is 0.363 e. The SMILES string of the molecule is Cc1ccncc1CN(c1ccc(C(F)(F)F)nc1)C1CCN(C(C)CCNC(=O)c2c(C)ccnc2Cl)CC1. The fraction of sp³-hybridized carbons (Fsp3) is 0.448. The molecule has 0 radical (unpaired) electrons. The van der Waals surface area contributed by atoms with Gasteiger partial charge < -0.3 is 15.1 Å². The summed E-state index contributed by atoms with van der Waals surface area (Å²) in [6.07, 6.45) is 4.43. The summed E-state index contributed by atoms with van der Waals surface area (Å²) in [5, 5.41) is 3.15. The summed E-state index contributed by atoms with van der Waals surface area (Å²) >= 11 is 6.12. The van der Waals surface area contributed by atoms with Crippen molar-refractivity contribution in [3.05, 3.63) is 82.2 Å². The number of hydrogen-bond acceptors (Lipinski definition) is 6. The third kappa shape index (κ3) is 7.28. The number of aromatic nitrogens is 3. The van der Waals surface area contributed by atoms with E-state index in [2.05, 4.69) is 37.0 Å². The molecular weight excluding hydrogens is 541 g/mol. The minimum atomic E-state index is -4.48. The molecule has 40 heavy (non-hydrogen) atoms. The normalized spacial score (nSPS) is 15.6. The molecule has 4 rings (SSSR count). The Hall–Kier alpha value is -3.24. The highest BCUT2D eigenvalue weighted by Gasteiger charge is 2.33. The zero-order valence-corrected chi connectivity index (χ0v) is 23.6. The zero-order valence-electron chi connectivity index (χ0n) is 22.9. The van der Waals surface area contributed by atoms with Gasteiger partial charge in [-0.3, -0.25) is 9.78 Å². The molecule has 214 valence electrons. The summed E-state index contributed by atoms with van der Waals surface area (Å²) in [7, 11) is 0. The lowest BCUT2D eigenvalue weighted by Gasteiger charge is -2.42. The van der Waals surface area contributed by atoms with Gasteiger partial charge >= 0.3 is 6.18 Å². The first-order valence-electron chi connectivity index (χ1n) is 13.4. The molecule has 0 saturated carbocycles.